The number of aryl methyl sites for hydroxylation is 1. The zero-order valence-corrected chi connectivity index (χ0v) is 13.0. The van der Waals surface area contributed by atoms with E-state index in [1.54, 1.807) is 6.07 Å². The number of rotatable bonds is 2. The Morgan fingerprint density at radius 1 is 1.24 bits per heavy atom. The summed E-state index contributed by atoms with van der Waals surface area (Å²) in [4.78, 5) is 12.3. The van der Waals surface area contributed by atoms with E-state index in [1.165, 1.54) is 0 Å². The van der Waals surface area contributed by atoms with Gasteiger partial charge in [0, 0.05) is 4.47 Å². The van der Waals surface area contributed by atoms with Gasteiger partial charge in [0.05, 0.1) is 5.69 Å². The van der Waals surface area contributed by atoms with Crippen LogP contribution in [0.1, 0.15) is 5.56 Å². The highest BCUT2D eigenvalue weighted by atomic mass is 79.9. The van der Waals surface area contributed by atoms with Gasteiger partial charge in [-0.3, -0.25) is 4.79 Å². The Labute approximate surface area is 131 Å². The molecule has 3 rings (SSSR count). The molecular weight excluding hydrogens is 334 g/mol. The number of hydrogen-bond acceptors (Lipinski definition) is 3. The average molecular weight is 348 g/mol. The second kappa shape index (κ2) is 5.77. The maximum Gasteiger partial charge on any atom is 0.269 e. The summed E-state index contributed by atoms with van der Waals surface area (Å²) in [5.41, 5.74) is 1.83. The first-order valence-corrected chi connectivity index (χ1v) is 7.38. The average Bonchev–Trinajstić information content (AvgIpc) is 2.49. The minimum Gasteiger partial charge on any atom is -0.485 e. The molecule has 0 aliphatic carbocycles. The van der Waals surface area contributed by atoms with Crippen LogP contribution in [-0.4, -0.2) is 18.6 Å². The number of anilines is 1. The molecular formula is C16H14BrNO3. The fraction of sp³-hybridized carbons (Fsp3) is 0.188. The topological polar surface area (TPSA) is 47.6 Å². The van der Waals surface area contributed by atoms with Gasteiger partial charge >= 0.3 is 0 Å². The number of benzene rings is 2. The smallest absolute Gasteiger partial charge is 0.269 e. The van der Waals surface area contributed by atoms with E-state index in [1.807, 2.05) is 43.3 Å². The predicted molar refractivity (Wildman–Crippen MR) is 83.9 cm³/mol. The molecule has 1 N–H and O–H groups in total. The third-order valence-electron chi connectivity index (χ3n) is 3.18. The molecule has 0 fully saturated rings. The first-order chi connectivity index (χ1) is 10.1. The lowest BCUT2D eigenvalue weighted by atomic mass is 10.2. The van der Waals surface area contributed by atoms with Crippen molar-refractivity contribution in [3.8, 4) is 11.5 Å². The molecule has 2 aromatic carbocycles. The summed E-state index contributed by atoms with van der Waals surface area (Å²) in [6.07, 6.45) is -0.659. The van der Waals surface area contributed by atoms with Gasteiger partial charge in [-0.2, -0.15) is 0 Å². The second-order valence-electron chi connectivity index (χ2n) is 4.84. The van der Waals surface area contributed by atoms with Crippen LogP contribution >= 0.6 is 15.9 Å². The fourth-order valence-corrected chi connectivity index (χ4v) is 2.68. The van der Waals surface area contributed by atoms with Crippen molar-refractivity contribution >= 4 is 27.5 Å². The number of carbonyl (C=O) groups excluding carboxylic acids is 1. The number of carbonyl (C=O) groups is 1. The Hall–Kier alpha value is -2.01. The van der Waals surface area contributed by atoms with Crippen LogP contribution in [0, 0.1) is 6.92 Å². The lowest BCUT2D eigenvalue weighted by molar-refractivity contribution is -0.125. The number of hydrogen-bond donors (Lipinski definition) is 1. The summed E-state index contributed by atoms with van der Waals surface area (Å²) in [7, 11) is 0. The van der Waals surface area contributed by atoms with Gasteiger partial charge < -0.3 is 14.8 Å². The van der Waals surface area contributed by atoms with Crippen molar-refractivity contribution in [1.82, 2.24) is 0 Å². The molecule has 0 saturated carbocycles. The Kier molecular flexibility index (Phi) is 3.84. The molecule has 0 saturated heterocycles. The molecule has 1 atom stereocenters. The van der Waals surface area contributed by atoms with Crippen LogP contribution in [0.3, 0.4) is 0 Å². The highest BCUT2D eigenvalue weighted by molar-refractivity contribution is 9.10. The number of ether oxygens (including phenoxy) is 2. The second-order valence-corrected chi connectivity index (χ2v) is 5.69. The standard InChI is InChI=1S/C16H14BrNO3/c1-10-6-7-12(11(17)8-10)18-16(19)15-9-20-13-4-2-3-5-14(13)21-15/h2-8,15H,9H2,1H3,(H,18,19). The predicted octanol–water partition coefficient (Wildman–Crippen LogP) is 3.54. The molecule has 0 aromatic heterocycles. The van der Waals surface area contributed by atoms with E-state index in [0.29, 0.717) is 17.2 Å². The number of amides is 1. The van der Waals surface area contributed by atoms with Crippen LogP contribution in [0.4, 0.5) is 5.69 Å². The van der Waals surface area contributed by atoms with E-state index in [2.05, 4.69) is 21.2 Å². The Balaban J connectivity index is 1.72. The lowest BCUT2D eigenvalue weighted by Gasteiger charge is -2.25. The van der Waals surface area contributed by atoms with Crippen molar-refractivity contribution in [2.24, 2.45) is 0 Å². The third kappa shape index (κ3) is 3.03. The molecule has 5 heteroatoms. The zero-order chi connectivity index (χ0) is 14.8. The molecule has 108 valence electrons. The monoisotopic (exact) mass is 347 g/mol. The first kappa shape index (κ1) is 13.9. The molecule has 1 heterocycles. The van der Waals surface area contributed by atoms with Gasteiger partial charge in [0.2, 0.25) is 6.10 Å². The Bertz CT molecular complexity index is 687. The molecule has 21 heavy (non-hydrogen) atoms. The largest absolute Gasteiger partial charge is 0.485 e. The van der Waals surface area contributed by atoms with E-state index in [0.717, 1.165) is 10.0 Å². The summed E-state index contributed by atoms with van der Waals surface area (Å²) in [5.74, 6) is 1.03. The van der Waals surface area contributed by atoms with Crippen LogP contribution < -0.4 is 14.8 Å². The van der Waals surface area contributed by atoms with E-state index < -0.39 is 6.10 Å². The fourth-order valence-electron chi connectivity index (χ4n) is 2.08. The Morgan fingerprint density at radius 3 is 2.76 bits per heavy atom. The summed E-state index contributed by atoms with van der Waals surface area (Å²) >= 11 is 3.44. The third-order valence-corrected chi connectivity index (χ3v) is 3.84. The maximum atomic E-state index is 12.3. The molecule has 1 aliphatic rings. The van der Waals surface area contributed by atoms with Gasteiger partial charge in [0.25, 0.3) is 5.91 Å². The number of halogens is 1. The van der Waals surface area contributed by atoms with Crippen molar-refractivity contribution in [3.05, 3.63) is 52.5 Å². The van der Waals surface area contributed by atoms with Crippen LogP contribution in [0.15, 0.2) is 46.9 Å². The van der Waals surface area contributed by atoms with Gasteiger partial charge in [-0.25, -0.2) is 0 Å². The normalized spacial score (nSPS) is 16.4. The maximum absolute atomic E-state index is 12.3. The number of fused-ring (bicyclic) bond motifs is 1. The van der Waals surface area contributed by atoms with Gasteiger partial charge in [-0.05, 0) is 52.7 Å². The molecule has 0 spiro atoms. The SMILES string of the molecule is Cc1ccc(NC(=O)C2COc3ccccc3O2)c(Br)c1. The van der Waals surface area contributed by atoms with Crippen LogP contribution in [0.2, 0.25) is 0 Å². The molecule has 1 amide bonds. The van der Waals surface area contributed by atoms with Crippen LogP contribution in [-0.2, 0) is 4.79 Å². The summed E-state index contributed by atoms with van der Waals surface area (Å²) < 4.78 is 12.1. The quantitative estimate of drug-likeness (QED) is 0.903. The Morgan fingerprint density at radius 2 is 2.00 bits per heavy atom. The van der Waals surface area contributed by atoms with Crippen LogP contribution in [0.5, 0.6) is 11.5 Å². The highest BCUT2D eigenvalue weighted by Gasteiger charge is 2.27. The van der Waals surface area contributed by atoms with E-state index >= 15 is 0 Å². The molecule has 2 aromatic rings. The number of para-hydroxylation sites is 2. The highest BCUT2D eigenvalue weighted by Crippen LogP contribution is 2.31. The molecule has 1 aliphatic heterocycles. The summed E-state index contributed by atoms with van der Waals surface area (Å²) in [6, 6.07) is 13.1. The zero-order valence-electron chi connectivity index (χ0n) is 11.4. The first-order valence-electron chi connectivity index (χ1n) is 6.59. The van der Waals surface area contributed by atoms with Crippen molar-refractivity contribution in [2.45, 2.75) is 13.0 Å². The number of nitrogens with one attached hydrogen (secondary N) is 1. The minimum absolute atomic E-state index is 0.201. The van der Waals surface area contributed by atoms with Crippen molar-refractivity contribution in [3.63, 3.8) is 0 Å². The molecule has 0 radical (unpaired) electrons. The molecule has 1 unspecified atom stereocenters. The van der Waals surface area contributed by atoms with E-state index in [4.69, 9.17) is 9.47 Å². The van der Waals surface area contributed by atoms with Gasteiger partial charge in [-0.15, -0.1) is 0 Å². The molecule has 4 nitrogen and oxygen atoms in total. The van der Waals surface area contributed by atoms with Crippen molar-refractivity contribution in [2.75, 3.05) is 11.9 Å². The van der Waals surface area contributed by atoms with E-state index in [-0.39, 0.29) is 12.5 Å². The van der Waals surface area contributed by atoms with Gasteiger partial charge in [0.1, 0.15) is 6.61 Å². The van der Waals surface area contributed by atoms with E-state index in [9.17, 15) is 4.79 Å². The van der Waals surface area contributed by atoms with Crippen molar-refractivity contribution < 1.29 is 14.3 Å². The van der Waals surface area contributed by atoms with Gasteiger partial charge in [-0.1, -0.05) is 18.2 Å². The van der Waals surface area contributed by atoms with Gasteiger partial charge in [0.15, 0.2) is 11.5 Å². The lowest BCUT2D eigenvalue weighted by Crippen LogP contribution is -2.40. The van der Waals surface area contributed by atoms with Crippen molar-refractivity contribution in [1.29, 1.82) is 0 Å². The minimum atomic E-state index is -0.659. The van der Waals surface area contributed by atoms with Crippen LogP contribution in [0.25, 0.3) is 0 Å². The summed E-state index contributed by atoms with van der Waals surface area (Å²) in [5, 5.41) is 2.85. The molecule has 0 bridgehead atoms. The summed E-state index contributed by atoms with van der Waals surface area (Å²) in [6.45, 7) is 2.19.